The number of hydrogen-bond donors (Lipinski definition) is 1. The van der Waals surface area contributed by atoms with Crippen molar-refractivity contribution in [3.05, 3.63) is 59.9 Å². The molecule has 1 aromatic heterocycles. The first kappa shape index (κ1) is 17.5. The predicted octanol–water partition coefficient (Wildman–Crippen LogP) is 3.24. The van der Waals surface area contributed by atoms with Crippen LogP contribution in [0.25, 0.3) is 5.69 Å². The van der Waals surface area contributed by atoms with Crippen LogP contribution in [0.2, 0.25) is 0 Å². The summed E-state index contributed by atoms with van der Waals surface area (Å²) in [7, 11) is 1.59. The lowest BCUT2D eigenvalue weighted by atomic mass is 10.2. The molecule has 1 amide bonds. The third kappa shape index (κ3) is 3.66. The number of rotatable bonds is 6. The standard InChI is InChI=1S/C19H20N4O3/c1-4-26-17-11-7-15(8-12-17)23-13(2)18(21-22-23)19(24)20-14-5-9-16(25-3)10-6-14/h5-12H,4H2,1-3H3,(H,20,24). The van der Waals surface area contributed by atoms with Crippen LogP contribution < -0.4 is 14.8 Å². The second-order valence-corrected chi connectivity index (χ2v) is 5.54. The number of hydrogen-bond acceptors (Lipinski definition) is 5. The van der Waals surface area contributed by atoms with Crippen molar-refractivity contribution in [2.24, 2.45) is 0 Å². The Morgan fingerprint density at radius 3 is 2.35 bits per heavy atom. The molecule has 7 nitrogen and oxygen atoms in total. The highest BCUT2D eigenvalue weighted by Crippen LogP contribution is 2.19. The first-order chi connectivity index (χ1) is 12.6. The summed E-state index contributed by atoms with van der Waals surface area (Å²) in [6, 6.07) is 14.5. The van der Waals surface area contributed by atoms with Crippen molar-refractivity contribution >= 4 is 11.6 Å². The summed E-state index contributed by atoms with van der Waals surface area (Å²) in [5.41, 5.74) is 2.39. The molecule has 0 saturated carbocycles. The average molecular weight is 352 g/mol. The van der Waals surface area contributed by atoms with Gasteiger partial charge in [0.15, 0.2) is 5.69 Å². The van der Waals surface area contributed by atoms with Crippen molar-refractivity contribution < 1.29 is 14.3 Å². The minimum Gasteiger partial charge on any atom is -0.497 e. The van der Waals surface area contributed by atoms with Gasteiger partial charge < -0.3 is 14.8 Å². The molecule has 3 aromatic rings. The molecule has 0 aliphatic carbocycles. The lowest BCUT2D eigenvalue weighted by Gasteiger charge is -2.07. The van der Waals surface area contributed by atoms with Crippen LogP contribution in [0.3, 0.4) is 0 Å². The Kier molecular flexibility index (Phi) is 5.17. The van der Waals surface area contributed by atoms with Gasteiger partial charge in [-0.3, -0.25) is 4.79 Å². The summed E-state index contributed by atoms with van der Waals surface area (Å²) in [4.78, 5) is 12.5. The number of benzene rings is 2. The Balaban J connectivity index is 1.77. The molecule has 26 heavy (non-hydrogen) atoms. The van der Waals surface area contributed by atoms with E-state index in [2.05, 4.69) is 15.6 Å². The van der Waals surface area contributed by atoms with Crippen molar-refractivity contribution in [3.8, 4) is 17.2 Å². The van der Waals surface area contributed by atoms with Crippen LogP contribution in [-0.2, 0) is 0 Å². The minimum absolute atomic E-state index is 0.273. The quantitative estimate of drug-likeness (QED) is 0.737. The van der Waals surface area contributed by atoms with Crippen LogP contribution in [0.4, 0.5) is 5.69 Å². The van der Waals surface area contributed by atoms with Gasteiger partial charge in [-0.1, -0.05) is 5.21 Å². The largest absolute Gasteiger partial charge is 0.497 e. The normalized spacial score (nSPS) is 10.4. The number of carbonyl (C=O) groups is 1. The van der Waals surface area contributed by atoms with Gasteiger partial charge in [0.2, 0.25) is 0 Å². The number of ether oxygens (including phenoxy) is 2. The second-order valence-electron chi connectivity index (χ2n) is 5.54. The molecule has 0 spiro atoms. The van der Waals surface area contributed by atoms with Crippen LogP contribution in [0.1, 0.15) is 23.1 Å². The van der Waals surface area contributed by atoms with E-state index in [0.29, 0.717) is 18.0 Å². The highest BCUT2D eigenvalue weighted by molar-refractivity contribution is 6.03. The first-order valence-electron chi connectivity index (χ1n) is 8.23. The van der Waals surface area contributed by atoms with E-state index in [1.165, 1.54) is 0 Å². The van der Waals surface area contributed by atoms with Crippen molar-refractivity contribution in [2.45, 2.75) is 13.8 Å². The molecular weight excluding hydrogens is 332 g/mol. The smallest absolute Gasteiger partial charge is 0.278 e. The first-order valence-corrected chi connectivity index (χ1v) is 8.23. The van der Waals surface area contributed by atoms with Crippen LogP contribution in [0.5, 0.6) is 11.5 Å². The van der Waals surface area contributed by atoms with Gasteiger partial charge in [-0.15, -0.1) is 5.10 Å². The fourth-order valence-electron chi connectivity index (χ4n) is 2.50. The Bertz CT molecular complexity index is 886. The molecule has 1 heterocycles. The summed E-state index contributed by atoms with van der Waals surface area (Å²) in [6.07, 6.45) is 0. The molecule has 0 aliphatic rings. The van der Waals surface area contributed by atoms with E-state index < -0.39 is 0 Å². The van der Waals surface area contributed by atoms with Gasteiger partial charge in [-0.05, 0) is 62.4 Å². The van der Waals surface area contributed by atoms with Crippen molar-refractivity contribution in [1.29, 1.82) is 0 Å². The fourth-order valence-corrected chi connectivity index (χ4v) is 2.50. The van der Waals surface area contributed by atoms with Gasteiger partial charge in [0.1, 0.15) is 11.5 Å². The molecule has 0 aliphatic heterocycles. The number of carbonyl (C=O) groups excluding carboxylic acids is 1. The maximum Gasteiger partial charge on any atom is 0.278 e. The number of nitrogens with one attached hydrogen (secondary N) is 1. The molecule has 0 atom stereocenters. The zero-order valence-corrected chi connectivity index (χ0v) is 14.9. The van der Waals surface area contributed by atoms with Crippen LogP contribution >= 0.6 is 0 Å². The Morgan fingerprint density at radius 1 is 1.08 bits per heavy atom. The molecule has 1 N–H and O–H groups in total. The minimum atomic E-state index is -0.315. The molecule has 3 rings (SSSR count). The topological polar surface area (TPSA) is 78.3 Å². The highest BCUT2D eigenvalue weighted by Gasteiger charge is 2.17. The summed E-state index contributed by atoms with van der Waals surface area (Å²) >= 11 is 0. The van der Waals surface area contributed by atoms with Crippen molar-refractivity contribution in [3.63, 3.8) is 0 Å². The number of aromatic nitrogens is 3. The molecule has 0 unspecified atom stereocenters. The lowest BCUT2D eigenvalue weighted by molar-refractivity contribution is 0.102. The van der Waals surface area contributed by atoms with E-state index in [-0.39, 0.29) is 11.6 Å². The van der Waals surface area contributed by atoms with Gasteiger partial charge in [0.25, 0.3) is 5.91 Å². The molecule has 2 aromatic carbocycles. The maximum atomic E-state index is 12.5. The Labute approximate surface area is 151 Å². The van der Waals surface area contributed by atoms with Crippen LogP contribution in [-0.4, -0.2) is 34.6 Å². The number of amides is 1. The lowest BCUT2D eigenvalue weighted by Crippen LogP contribution is -2.14. The molecule has 0 fully saturated rings. The third-order valence-corrected chi connectivity index (χ3v) is 3.85. The number of methoxy groups -OCH3 is 1. The van der Waals surface area contributed by atoms with Crippen LogP contribution in [0, 0.1) is 6.92 Å². The number of anilines is 1. The molecule has 0 bridgehead atoms. The zero-order valence-electron chi connectivity index (χ0n) is 14.9. The SMILES string of the molecule is CCOc1ccc(-n2nnc(C(=O)Nc3ccc(OC)cc3)c2C)cc1. The van der Waals surface area contributed by atoms with E-state index in [9.17, 15) is 4.79 Å². The van der Waals surface area contributed by atoms with E-state index in [1.54, 1.807) is 43.0 Å². The highest BCUT2D eigenvalue weighted by atomic mass is 16.5. The molecule has 0 radical (unpaired) electrons. The molecular formula is C19H20N4O3. The van der Waals surface area contributed by atoms with Gasteiger partial charge in [-0.25, -0.2) is 4.68 Å². The van der Waals surface area contributed by atoms with E-state index in [0.717, 1.165) is 17.2 Å². The Hall–Kier alpha value is -3.35. The summed E-state index contributed by atoms with van der Waals surface area (Å²) in [6.45, 7) is 4.35. The summed E-state index contributed by atoms with van der Waals surface area (Å²) < 4.78 is 12.2. The zero-order chi connectivity index (χ0) is 18.5. The molecule has 134 valence electrons. The Morgan fingerprint density at radius 2 is 1.73 bits per heavy atom. The van der Waals surface area contributed by atoms with Gasteiger partial charge in [0, 0.05) is 5.69 Å². The van der Waals surface area contributed by atoms with Gasteiger partial charge in [0.05, 0.1) is 25.1 Å². The van der Waals surface area contributed by atoms with Gasteiger partial charge >= 0.3 is 0 Å². The second kappa shape index (κ2) is 7.69. The fraction of sp³-hybridized carbons (Fsp3) is 0.211. The monoisotopic (exact) mass is 352 g/mol. The predicted molar refractivity (Wildman–Crippen MR) is 98.2 cm³/mol. The number of nitrogens with zero attached hydrogens (tertiary/aromatic N) is 3. The van der Waals surface area contributed by atoms with Gasteiger partial charge in [-0.2, -0.15) is 0 Å². The molecule has 7 heteroatoms. The summed E-state index contributed by atoms with van der Waals surface area (Å²) in [5, 5.41) is 10.9. The van der Waals surface area contributed by atoms with E-state index >= 15 is 0 Å². The third-order valence-electron chi connectivity index (χ3n) is 3.85. The molecule has 0 saturated heterocycles. The maximum absolute atomic E-state index is 12.5. The van der Waals surface area contributed by atoms with Crippen LogP contribution in [0.15, 0.2) is 48.5 Å². The van der Waals surface area contributed by atoms with E-state index in [1.807, 2.05) is 31.2 Å². The van der Waals surface area contributed by atoms with E-state index in [4.69, 9.17) is 9.47 Å². The average Bonchev–Trinajstić information content (AvgIpc) is 3.05. The van der Waals surface area contributed by atoms with Crippen molar-refractivity contribution in [2.75, 3.05) is 19.0 Å². The van der Waals surface area contributed by atoms with Crippen molar-refractivity contribution in [1.82, 2.24) is 15.0 Å². The summed E-state index contributed by atoms with van der Waals surface area (Å²) in [5.74, 6) is 1.19.